The third-order valence-electron chi connectivity index (χ3n) is 6.81. The summed E-state index contributed by atoms with van der Waals surface area (Å²) in [6, 6.07) is 13.7. The first-order valence-electron chi connectivity index (χ1n) is 11.6. The number of furan rings is 1. The van der Waals surface area contributed by atoms with Crippen molar-refractivity contribution < 1.29 is 18.7 Å². The fourth-order valence-electron chi connectivity index (χ4n) is 5.02. The standard InChI is InChI=1S/C26H29N3O4S/c1-18-16-27(12-13-29(18)26(31)22-4-3-14-33-22)24(30)17-28-11-9-23-21(10-15-34-23)25(28)19-5-7-20(32-2)8-6-19/h3-8,10,14-15,18,25H,9,11-13,16-17H2,1-2H3/t18-,25+/m1/s1. The summed E-state index contributed by atoms with van der Waals surface area (Å²) in [5.41, 5.74) is 2.45. The van der Waals surface area contributed by atoms with Gasteiger partial charge in [0.05, 0.1) is 26.0 Å². The molecule has 2 aliphatic rings. The summed E-state index contributed by atoms with van der Waals surface area (Å²) in [7, 11) is 1.67. The second-order valence-electron chi connectivity index (χ2n) is 8.86. The van der Waals surface area contributed by atoms with E-state index in [0.717, 1.165) is 24.3 Å². The van der Waals surface area contributed by atoms with Crippen LogP contribution < -0.4 is 4.74 Å². The van der Waals surface area contributed by atoms with Gasteiger partial charge >= 0.3 is 0 Å². The summed E-state index contributed by atoms with van der Waals surface area (Å²) >= 11 is 1.79. The van der Waals surface area contributed by atoms with Crippen molar-refractivity contribution in [2.45, 2.75) is 25.4 Å². The maximum absolute atomic E-state index is 13.4. The van der Waals surface area contributed by atoms with Crippen molar-refractivity contribution in [1.82, 2.24) is 14.7 Å². The van der Waals surface area contributed by atoms with Crippen LogP contribution in [0.15, 0.2) is 58.5 Å². The van der Waals surface area contributed by atoms with Crippen molar-refractivity contribution in [3.63, 3.8) is 0 Å². The number of carbonyl (C=O) groups excluding carboxylic acids is 2. The van der Waals surface area contributed by atoms with Crippen LogP contribution in [0.5, 0.6) is 5.75 Å². The van der Waals surface area contributed by atoms with E-state index in [0.29, 0.717) is 31.9 Å². The molecule has 4 heterocycles. The maximum Gasteiger partial charge on any atom is 0.289 e. The van der Waals surface area contributed by atoms with Gasteiger partial charge in [-0.05, 0) is 60.2 Å². The molecule has 7 nitrogen and oxygen atoms in total. The van der Waals surface area contributed by atoms with Crippen molar-refractivity contribution in [2.24, 2.45) is 0 Å². The van der Waals surface area contributed by atoms with E-state index in [9.17, 15) is 9.59 Å². The Labute approximate surface area is 203 Å². The highest BCUT2D eigenvalue weighted by Gasteiger charge is 2.35. The van der Waals surface area contributed by atoms with Crippen molar-refractivity contribution in [3.8, 4) is 5.75 Å². The van der Waals surface area contributed by atoms with Crippen molar-refractivity contribution in [1.29, 1.82) is 0 Å². The largest absolute Gasteiger partial charge is 0.497 e. The van der Waals surface area contributed by atoms with Crippen molar-refractivity contribution in [3.05, 3.63) is 75.9 Å². The normalized spacial score (nSPS) is 20.8. The molecule has 0 N–H and O–H groups in total. The Hall–Kier alpha value is -3.10. The van der Waals surface area contributed by atoms with E-state index in [1.807, 2.05) is 24.0 Å². The molecule has 1 aromatic carbocycles. The molecule has 0 unspecified atom stereocenters. The summed E-state index contributed by atoms with van der Waals surface area (Å²) in [5.74, 6) is 1.15. The Morgan fingerprint density at radius 3 is 2.65 bits per heavy atom. The number of methoxy groups -OCH3 is 1. The number of ether oxygens (including phenoxy) is 1. The van der Waals surface area contributed by atoms with Gasteiger partial charge in [-0.3, -0.25) is 14.5 Å². The predicted molar refractivity (Wildman–Crippen MR) is 130 cm³/mol. The molecule has 3 aromatic rings. The summed E-state index contributed by atoms with van der Waals surface area (Å²) in [5, 5.41) is 2.14. The molecular formula is C26H29N3O4S. The molecular weight excluding hydrogens is 450 g/mol. The van der Waals surface area contributed by atoms with Crippen LogP contribution in [0.1, 0.15) is 39.5 Å². The monoisotopic (exact) mass is 479 g/mol. The van der Waals surface area contributed by atoms with E-state index in [4.69, 9.17) is 9.15 Å². The molecule has 2 aliphatic heterocycles. The van der Waals surface area contributed by atoms with Gasteiger partial charge in [-0.15, -0.1) is 11.3 Å². The van der Waals surface area contributed by atoms with Gasteiger partial charge in [0.25, 0.3) is 5.91 Å². The molecule has 0 spiro atoms. The quantitative estimate of drug-likeness (QED) is 0.559. The Bertz CT molecular complexity index is 1140. The number of hydrogen-bond donors (Lipinski definition) is 0. The molecule has 8 heteroatoms. The van der Waals surface area contributed by atoms with Crippen LogP contribution in [0.4, 0.5) is 0 Å². The molecule has 2 atom stereocenters. The van der Waals surface area contributed by atoms with Gasteiger partial charge in [0.1, 0.15) is 5.75 Å². The van der Waals surface area contributed by atoms with E-state index >= 15 is 0 Å². The van der Waals surface area contributed by atoms with E-state index in [1.54, 1.807) is 35.5 Å². The van der Waals surface area contributed by atoms with E-state index < -0.39 is 0 Å². The fraction of sp³-hybridized carbons (Fsp3) is 0.385. The van der Waals surface area contributed by atoms with Gasteiger partial charge in [-0.25, -0.2) is 0 Å². The number of nitrogens with zero attached hydrogens (tertiary/aromatic N) is 3. The number of fused-ring (bicyclic) bond motifs is 1. The van der Waals surface area contributed by atoms with Crippen LogP contribution in [0.25, 0.3) is 0 Å². The third kappa shape index (κ3) is 4.35. The zero-order valence-corrected chi connectivity index (χ0v) is 20.3. The van der Waals surface area contributed by atoms with Gasteiger partial charge in [0.2, 0.25) is 5.91 Å². The highest BCUT2D eigenvalue weighted by molar-refractivity contribution is 7.10. The first-order valence-corrected chi connectivity index (χ1v) is 12.5. The first-order chi connectivity index (χ1) is 16.5. The minimum absolute atomic E-state index is 0.0455. The van der Waals surface area contributed by atoms with Crippen LogP contribution in [0.3, 0.4) is 0 Å². The van der Waals surface area contributed by atoms with Crippen LogP contribution in [0, 0.1) is 0 Å². The lowest BCUT2D eigenvalue weighted by molar-refractivity contribution is -0.135. The number of rotatable bonds is 5. The molecule has 2 aromatic heterocycles. The Kier molecular flexibility index (Phi) is 6.43. The van der Waals surface area contributed by atoms with Gasteiger partial charge in [-0.1, -0.05) is 12.1 Å². The molecule has 2 amide bonds. The number of thiophene rings is 1. The van der Waals surface area contributed by atoms with Crippen LogP contribution >= 0.6 is 11.3 Å². The third-order valence-corrected chi connectivity index (χ3v) is 7.81. The number of hydrogen-bond acceptors (Lipinski definition) is 6. The highest BCUT2D eigenvalue weighted by atomic mass is 32.1. The predicted octanol–water partition coefficient (Wildman–Crippen LogP) is 3.67. The molecule has 1 fully saturated rings. The number of amides is 2. The van der Waals surface area contributed by atoms with E-state index in [2.05, 4.69) is 28.5 Å². The van der Waals surface area contributed by atoms with Gasteiger partial charge in [0.15, 0.2) is 5.76 Å². The van der Waals surface area contributed by atoms with Crippen LogP contribution in [0.2, 0.25) is 0 Å². The van der Waals surface area contributed by atoms with Gasteiger partial charge in [0, 0.05) is 37.1 Å². The zero-order valence-electron chi connectivity index (χ0n) is 19.5. The van der Waals surface area contributed by atoms with Gasteiger partial charge in [-0.2, -0.15) is 0 Å². The molecule has 0 aliphatic carbocycles. The summed E-state index contributed by atoms with van der Waals surface area (Å²) < 4.78 is 10.6. The lowest BCUT2D eigenvalue weighted by Gasteiger charge is -2.41. The Balaban J connectivity index is 1.29. The summed E-state index contributed by atoms with van der Waals surface area (Å²) in [6.45, 7) is 4.73. The minimum Gasteiger partial charge on any atom is -0.497 e. The fourth-order valence-corrected chi connectivity index (χ4v) is 5.92. The molecule has 0 saturated carbocycles. The highest BCUT2D eigenvalue weighted by Crippen LogP contribution is 2.38. The second-order valence-corrected chi connectivity index (χ2v) is 9.86. The Morgan fingerprint density at radius 2 is 1.94 bits per heavy atom. The summed E-state index contributed by atoms with van der Waals surface area (Å²) in [4.78, 5) is 33.5. The number of piperazine rings is 1. The number of benzene rings is 1. The topological polar surface area (TPSA) is 66.2 Å². The van der Waals surface area contributed by atoms with E-state index in [1.165, 1.54) is 16.7 Å². The maximum atomic E-state index is 13.4. The molecule has 34 heavy (non-hydrogen) atoms. The second kappa shape index (κ2) is 9.64. The smallest absolute Gasteiger partial charge is 0.289 e. The average molecular weight is 480 g/mol. The SMILES string of the molecule is COc1ccc([C@H]2c3ccsc3CCN2CC(=O)N2CCN(C(=O)c3ccco3)[C@H](C)C2)cc1. The molecule has 0 bridgehead atoms. The van der Waals surface area contributed by atoms with Crippen LogP contribution in [-0.2, 0) is 11.2 Å². The molecule has 1 saturated heterocycles. The molecule has 178 valence electrons. The lowest BCUT2D eigenvalue weighted by atomic mass is 9.93. The molecule has 0 radical (unpaired) electrons. The Morgan fingerprint density at radius 1 is 1.12 bits per heavy atom. The van der Waals surface area contributed by atoms with Crippen LogP contribution in [-0.4, -0.2) is 72.4 Å². The minimum atomic E-state index is -0.120. The number of carbonyl (C=O) groups is 2. The van der Waals surface area contributed by atoms with Crippen molar-refractivity contribution in [2.75, 3.05) is 39.8 Å². The lowest BCUT2D eigenvalue weighted by Crippen LogP contribution is -2.57. The van der Waals surface area contributed by atoms with Gasteiger partial charge < -0.3 is 19.0 Å². The van der Waals surface area contributed by atoms with E-state index in [-0.39, 0.29) is 23.9 Å². The zero-order chi connectivity index (χ0) is 23.7. The first kappa shape index (κ1) is 22.7. The molecule has 5 rings (SSSR count). The summed E-state index contributed by atoms with van der Waals surface area (Å²) in [6.07, 6.45) is 2.46. The average Bonchev–Trinajstić information content (AvgIpc) is 3.56. The van der Waals surface area contributed by atoms with Crippen molar-refractivity contribution >= 4 is 23.2 Å².